The molecule has 2 aromatic carbocycles. The molecule has 24 heavy (non-hydrogen) atoms. The normalized spacial score (nSPS) is 12.0. The van der Waals surface area contributed by atoms with Crippen molar-refractivity contribution in [1.29, 1.82) is 0 Å². The van der Waals surface area contributed by atoms with Gasteiger partial charge in [-0.25, -0.2) is 0 Å². The molecular formula is C20H21N3O. The second kappa shape index (κ2) is 6.32. The molecule has 4 nitrogen and oxygen atoms in total. The van der Waals surface area contributed by atoms with E-state index in [0.29, 0.717) is 0 Å². The van der Waals surface area contributed by atoms with Gasteiger partial charge < -0.3 is 5.32 Å². The Morgan fingerprint density at radius 3 is 2.58 bits per heavy atom. The number of rotatable bonds is 3. The Kier molecular flexibility index (Phi) is 4.21. The van der Waals surface area contributed by atoms with Crippen LogP contribution in [-0.4, -0.2) is 16.1 Å². The first-order chi connectivity index (χ1) is 11.4. The first-order valence-corrected chi connectivity index (χ1v) is 7.94. The van der Waals surface area contributed by atoms with Crippen LogP contribution in [0.1, 0.15) is 31.9 Å². The number of aromatic amines is 1. The molecule has 2 N–H and O–H groups in total. The molecule has 0 aliphatic carbocycles. The molecule has 4 heteroatoms. The van der Waals surface area contributed by atoms with E-state index in [4.69, 9.17) is 0 Å². The molecule has 0 aliphatic heterocycles. The summed E-state index contributed by atoms with van der Waals surface area (Å²) >= 11 is 0. The smallest absolute Gasteiger partial charge is 0.248 e. The molecule has 3 aromatic rings. The van der Waals surface area contributed by atoms with E-state index < -0.39 is 0 Å². The Hall–Kier alpha value is -2.88. The summed E-state index contributed by atoms with van der Waals surface area (Å²) in [7, 11) is 0. The van der Waals surface area contributed by atoms with Crippen LogP contribution in [0.2, 0.25) is 0 Å². The molecule has 0 saturated heterocycles. The Morgan fingerprint density at radius 1 is 1.12 bits per heavy atom. The van der Waals surface area contributed by atoms with Crippen molar-refractivity contribution in [1.82, 2.24) is 10.2 Å². The fourth-order valence-corrected chi connectivity index (χ4v) is 2.46. The van der Waals surface area contributed by atoms with Crippen molar-refractivity contribution in [2.24, 2.45) is 0 Å². The third-order valence-electron chi connectivity index (χ3n) is 3.91. The first-order valence-electron chi connectivity index (χ1n) is 7.94. The minimum atomic E-state index is -0.159. The lowest BCUT2D eigenvalue weighted by atomic mass is 9.87. The van der Waals surface area contributed by atoms with Crippen molar-refractivity contribution in [3.63, 3.8) is 0 Å². The maximum Gasteiger partial charge on any atom is 0.248 e. The third kappa shape index (κ3) is 3.71. The maximum absolute atomic E-state index is 12.1. The van der Waals surface area contributed by atoms with E-state index in [1.54, 1.807) is 12.3 Å². The first kappa shape index (κ1) is 16.0. The van der Waals surface area contributed by atoms with Crippen molar-refractivity contribution in [2.45, 2.75) is 26.2 Å². The molecule has 1 heterocycles. The number of hydrogen-bond donors (Lipinski definition) is 2. The summed E-state index contributed by atoms with van der Waals surface area (Å²) in [6.07, 6.45) is 5.11. The van der Waals surface area contributed by atoms with E-state index in [9.17, 15) is 4.79 Å². The summed E-state index contributed by atoms with van der Waals surface area (Å²) < 4.78 is 0. The summed E-state index contributed by atoms with van der Waals surface area (Å²) in [5.41, 5.74) is 4.04. The average molecular weight is 319 g/mol. The molecule has 0 bridgehead atoms. The number of benzene rings is 2. The largest absolute Gasteiger partial charge is 0.322 e. The highest BCUT2D eigenvalue weighted by molar-refractivity contribution is 6.02. The molecule has 0 radical (unpaired) electrons. The second-order valence-electron chi connectivity index (χ2n) is 6.87. The van der Waals surface area contributed by atoms with Gasteiger partial charge in [-0.1, -0.05) is 45.0 Å². The number of nitrogens with zero attached hydrogens (tertiary/aromatic N) is 1. The number of nitrogens with one attached hydrogen (secondary N) is 2. The number of fused-ring (bicyclic) bond motifs is 1. The van der Waals surface area contributed by atoms with E-state index in [2.05, 4.69) is 48.4 Å². The fourth-order valence-electron chi connectivity index (χ4n) is 2.46. The van der Waals surface area contributed by atoms with Gasteiger partial charge in [-0.15, -0.1) is 0 Å². The molecule has 122 valence electrons. The third-order valence-corrected chi connectivity index (χ3v) is 3.91. The van der Waals surface area contributed by atoms with Gasteiger partial charge in [0.15, 0.2) is 0 Å². The van der Waals surface area contributed by atoms with Crippen molar-refractivity contribution in [3.05, 3.63) is 65.9 Å². The molecule has 3 rings (SSSR count). The Labute approximate surface area is 141 Å². The maximum atomic E-state index is 12.1. The van der Waals surface area contributed by atoms with Crippen LogP contribution >= 0.6 is 0 Å². The minimum Gasteiger partial charge on any atom is -0.322 e. The van der Waals surface area contributed by atoms with E-state index >= 15 is 0 Å². The van der Waals surface area contributed by atoms with E-state index in [-0.39, 0.29) is 11.3 Å². The van der Waals surface area contributed by atoms with E-state index in [0.717, 1.165) is 22.2 Å². The van der Waals surface area contributed by atoms with Crippen LogP contribution in [0.15, 0.2) is 54.7 Å². The van der Waals surface area contributed by atoms with E-state index in [1.165, 1.54) is 5.56 Å². The molecular weight excluding hydrogens is 298 g/mol. The Morgan fingerprint density at radius 2 is 1.88 bits per heavy atom. The lowest BCUT2D eigenvalue weighted by Crippen LogP contribution is -2.10. The summed E-state index contributed by atoms with van der Waals surface area (Å²) in [5, 5.41) is 10.7. The molecule has 0 spiro atoms. The number of amides is 1. The summed E-state index contributed by atoms with van der Waals surface area (Å²) in [5.74, 6) is -0.159. The zero-order chi connectivity index (χ0) is 17.2. The standard InChI is InChI=1S/C20H21N3O/c1-20(2,3)16-8-4-14(5-9-16)6-11-19(24)22-17-10-7-15-13-21-23-18(15)12-17/h4-13H,1-3H3,(H,21,23)(H,22,24)/b11-6+. The lowest BCUT2D eigenvalue weighted by Gasteiger charge is -2.18. The quantitative estimate of drug-likeness (QED) is 0.698. The van der Waals surface area contributed by atoms with Crippen LogP contribution in [0.5, 0.6) is 0 Å². The SMILES string of the molecule is CC(C)(C)c1ccc(/C=C/C(=O)Nc2ccc3cn[nH]c3c2)cc1. The average Bonchev–Trinajstić information content (AvgIpc) is 3.00. The zero-order valence-electron chi connectivity index (χ0n) is 14.1. The molecule has 1 aromatic heterocycles. The van der Waals surface area contributed by atoms with Crippen molar-refractivity contribution < 1.29 is 4.79 Å². The molecule has 1 amide bonds. The van der Waals surface area contributed by atoms with Gasteiger partial charge >= 0.3 is 0 Å². The highest BCUT2D eigenvalue weighted by Crippen LogP contribution is 2.22. The van der Waals surface area contributed by atoms with Crippen LogP contribution in [0, 0.1) is 0 Å². The monoisotopic (exact) mass is 319 g/mol. The molecule has 0 saturated carbocycles. The summed E-state index contributed by atoms with van der Waals surface area (Å²) in [4.78, 5) is 12.1. The fraction of sp³-hybridized carbons (Fsp3) is 0.200. The van der Waals surface area contributed by atoms with Gasteiger partial charge in [0.2, 0.25) is 5.91 Å². The van der Waals surface area contributed by atoms with Crippen LogP contribution in [0.4, 0.5) is 5.69 Å². The molecule has 0 atom stereocenters. The van der Waals surface area contributed by atoms with Gasteiger partial charge in [-0.05, 0) is 40.8 Å². The number of aromatic nitrogens is 2. The van der Waals surface area contributed by atoms with Gasteiger partial charge in [0.1, 0.15) is 0 Å². The Balaban J connectivity index is 1.66. The predicted molar refractivity (Wildman–Crippen MR) is 98.9 cm³/mol. The summed E-state index contributed by atoms with van der Waals surface area (Å²) in [6.45, 7) is 6.55. The molecule has 0 fully saturated rings. The predicted octanol–water partition coefficient (Wildman–Crippen LogP) is 4.51. The zero-order valence-corrected chi connectivity index (χ0v) is 14.1. The van der Waals surface area contributed by atoms with Crippen LogP contribution in [0.3, 0.4) is 0 Å². The van der Waals surface area contributed by atoms with Gasteiger partial charge in [0.25, 0.3) is 0 Å². The van der Waals surface area contributed by atoms with E-state index in [1.807, 2.05) is 36.4 Å². The topological polar surface area (TPSA) is 57.8 Å². The molecule has 0 aliphatic rings. The number of carbonyl (C=O) groups excluding carboxylic acids is 1. The summed E-state index contributed by atoms with van der Waals surface area (Å²) in [6, 6.07) is 13.9. The van der Waals surface area contributed by atoms with Gasteiger partial charge in [0.05, 0.1) is 11.7 Å². The van der Waals surface area contributed by atoms with Crippen molar-refractivity contribution in [2.75, 3.05) is 5.32 Å². The Bertz CT molecular complexity index is 883. The molecule has 0 unspecified atom stereocenters. The number of anilines is 1. The number of hydrogen-bond acceptors (Lipinski definition) is 2. The minimum absolute atomic E-state index is 0.130. The highest BCUT2D eigenvalue weighted by atomic mass is 16.1. The van der Waals surface area contributed by atoms with Crippen LogP contribution in [0.25, 0.3) is 17.0 Å². The van der Waals surface area contributed by atoms with Crippen molar-refractivity contribution in [3.8, 4) is 0 Å². The van der Waals surface area contributed by atoms with Crippen LogP contribution in [-0.2, 0) is 10.2 Å². The number of H-pyrrole nitrogens is 1. The van der Waals surface area contributed by atoms with Gasteiger partial charge in [-0.3, -0.25) is 9.89 Å². The highest BCUT2D eigenvalue weighted by Gasteiger charge is 2.12. The van der Waals surface area contributed by atoms with Gasteiger partial charge in [-0.2, -0.15) is 5.10 Å². The van der Waals surface area contributed by atoms with Crippen LogP contribution < -0.4 is 5.32 Å². The number of carbonyl (C=O) groups is 1. The lowest BCUT2D eigenvalue weighted by molar-refractivity contribution is -0.111. The second-order valence-corrected chi connectivity index (χ2v) is 6.87. The van der Waals surface area contributed by atoms with Gasteiger partial charge in [0, 0.05) is 17.1 Å². The van der Waals surface area contributed by atoms with Crippen molar-refractivity contribution >= 4 is 28.6 Å².